The summed E-state index contributed by atoms with van der Waals surface area (Å²) in [4.78, 5) is 7.51. The van der Waals surface area contributed by atoms with Crippen LogP contribution in [0, 0.1) is 5.82 Å². The Hall–Kier alpha value is -3.44. The standard InChI is InChI=1S/C22H22FN3O6S/c1-30-15-5-4-14(19(10-15)31-2)13-26(22-24-7-3-8-25-22)33(28,29)21-12-20-16(11-17(21)23)18(27)6-9-32-20/h3-5,7-8,10-12,18,27H,6,9,13H2,1-2H3. The van der Waals surface area contributed by atoms with Crippen LogP contribution in [0.1, 0.15) is 23.7 Å². The predicted octanol–water partition coefficient (Wildman–Crippen LogP) is 2.84. The molecule has 9 nitrogen and oxygen atoms in total. The number of fused-ring (bicyclic) bond motifs is 1. The number of hydrogen-bond acceptors (Lipinski definition) is 8. The fraction of sp³-hybridized carbons (Fsp3) is 0.273. The first-order valence-electron chi connectivity index (χ1n) is 10.00. The maximum Gasteiger partial charge on any atom is 0.270 e. The molecule has 1 unspecified atom stereocenters. The van der Waals surface area contributed by atoms with Crippen LogP contribution in [0.15, 0.2) is 53.7 Å². The van der Waals surface area contributed by atoms with Crippen molar-refractivity contribution in [2.24, 2.45) is 0 Å². The number of aliphatic hydroxyl groups is 1. The minimum absolute atomic E-state index is 0.115. The molecule has 1 N–H and O–H groups in total. The van der Waals surface area contributed by atoms with Gasteiger partial charge in [-0.1, -0.05) is 0 Å². The number of hydrogen-bond donors (Lipinski definition) is 1. The number of nitrogens with zero attached hydrogens (tertiary/aromatic N) is 3. The number of aromatic nitrogens is 2. The van der Waals surface area contributed by atoms with Crippen molar-refractivity contribution in [2.45, 2.75) is 24.0 Å². The zero-order chi connectivity index (χ0) is 23.6. The Balaban J connectivity index is 1.82. The lowest BCUT2D eigenvalue weighted by atomic mass is 10.0. The number of aliphatic hydroxyl groups excluding tert-OH is 1. The summed E-state index contributed by atoms with van der Waals surface area (Å²) in [6, 6.07) is 8.53. The summed E-state index contributed by atoms with van der Waals surface area (Å²) in [5, 5.41) is 10.1. The van der Waals surface area contributed by atoms with Crippen molar-refractivity contribution in [3.8, 4) is 17.2 Å². The number of benzene rings is 2. The van der Waals surface area contributed by atoms with Gasteiger partial charge in [0, 0.05) is 42.1 Å². The van der Waals surface area contributed by atoms with Crippen molar-refractivity contribution >= 4 is 16.0 Å². The molecule has 2 aromatic carbocycles. The van der Waals surface area contributed by atoms with Gasteiger partial charge >= 0.3 is 0 Å². The van der Waals surface area contributed by atoms with Gasteiger partial charge in [0.2, 0.25) is 5.95 Å². The fourth-order valence-electron chi connectivity index (χ4n) is 3.51. The Bertz CT molecular complexity index is 1260. The molecule has 0 radical (unpaired) electrons. The zero-order valence-electron chi connectivity index (χ0n) is 17.9. The van der Waals surface area contributed by atoms with E-state index in [9.17, 15) is 13.5 Å². The highest BCUT2D eigenvalue weighted by molar-refractivity contribution is 7.92. The summed E-state index contributed by atoms with van der Waals surface area (Å²) in [7, 11) is -1.54. The van der Waals surface area contributed by atoms with Gasteiger partial charge in [-0.25, -0.2) is 27.1 Å². The topological polar surface area (TPSA) is 111 Å². The van der Waals surface area contributed by atoms with E-state index in [1.165, 1.54) is 32.7 Å². The molecular weight excluding hydrogens is 453 g/mol. The van der Waals surface area contributed by atoms with Crippen LogP contribution in [0.25, 0.3) is 0 Å². The third-order valence-electron chi connectivity index (χ3n) is 5.22. The van der Waals surface area contributed by atoms with E-state index in [2.05, 4.69) is 9.97 Å². The van der Waals surface area contributed by atoms with E-state index in [1.807, 2.05) is 0 Å². The fourth-order valence-corrected chi connectivity index (χ4v) is 4.93. The summed E-state index contributed by atoms with van der Waals surface area (Å²) in [5.74, 6) is -0.140. The lowest BCUT2D eigenvalue weighted by Crippen LogP contribution is -2.33. The molecule has 0 bridgehead atoms. The second-order valence-corrected chi connectivity index (χ2v) is 9.04. The second kappa shape index (κ2) is 9.20. The van der Waals surface area contributed by atoms with Crippen LogP contribution in [0.4, 0.5) is 10.3 Å². The lowest BCUT2D eigenvalue weighted by Gasteiger charge is -2.26. The smallest absolute Gasteiger partial charge is 0.270 e. The molecule has 2 heterocycles. The van der Waals surface area contributed by atoms with Gasteiger partial charge in [-0.15, -0.1) is 0 Å². The molecule has 1 aromatic heterocycles. The van der Waals surface area contributed by atoms with E-state index in [1.54, 1.807) is 18.2 Å². The molecule has 0 aliphatic carbocycles. The molecule has 174 valence electrons. The van der Waals surface area contributed by atoms with Gasteiger partial charge in [0.05, 0.1) is 33.5 Å². The molecule has 0 fully saturated rings. The Morgan fingerprint density at radius 1 is 1.18 bits per heavy atom. The van der Waals surface area contributed by atoms with Crippen molar-refractivity contribution < 1.29 is 32.1 Å². The van der Waals surface area contributed by atoms with Crippen LogP contribution < -0.4 is 18.5 Å². The van der Waals surface area contributed by atoms with Crippen LogP contribution in [-0.4, -0.2) is 44.3 Å². The predicted molar refractivity (Wildman–Crippen MR) is 116 cm³/mol. The highest BCUT2D eigenvalue weighted by Gasteiger charge is 2.33. The van der Waals surface area contributed by atoms with Crippen molar-refractivity contribution in [1.82, 2.24) is 9.97 Å². The molecule has 0 amide bonds. The van der Waals surface area contributed by atoms with E-state index < -0.39 is 26.8 Å². The third-order valence-corrected chi connectivity index (χ3v) is 6.96. The van der Waals surface area contributed by atoms with Crippen molar-refractivity contribution in [2.75, 3.05) is 25.1 Å². The van der Waals surface area contributed by atoms with Crippen molar-refractivity contribution in [3.63, 3.8) is 0 Å². The molecule has 0 spiro atoms. The van der Waals surface area contributed by atoms with Gasteiger partial charge in [-0.05, 0) is 24.3 Å². The maximum absolute atomic E-state index is 15.1. The minimum atomic E-state index is -4.49. The number of ether oxygens (including phenoxy) is 3. The van der Waals surface area contributed by atoms with E-state index in [-0.39, 0.29) is 30.4 Å². The normalized spacial score (nSPS) is 15.3. The quantitative estimate of drug-likeness (QED) is 0.555. The highest BCUT2D eigenvalue weighted by Crippen LogP contribution is 2.37. The van der Waals surface area contributed by atoms with Gasteiger partial charge in [0.25, 0.3) is 10.0 Å². The molecule has 0 saturated heterocycles. The van der Waals surface area contributed by atoms with Crippen LogP contribution in [-0.2, 0) is 16.6 Å². The Morgan fingerprint density at radius 3 is 2.64 bits per heavy atom. The van der Waals surface area contributed by atoms with Gasteiger partial charge < -0.3 is 19.3 Å². The van der Waals surface area contributed by atoms with E-state index in [0.717, 1.165) is 16.4 Å². The summed E-state index contributed by atoms with van der Waals surface area (Å²) >= 11 is 0. The average Bonchev–Trinajstić information content (AvgIpc) is 2.83. The maximum atomic E-state index is 15.1. The molecule has 1 aliphatic rings. The van der Waals surface area contributed by atoms with Gasteiger partial charge in [0.15, 0.2) is 0 Å². The first-order chi connectivity index (χ1) is 15.8. The average molecular weight is 475 g/mol. The Morgan fingerprint density at radius 2 is 1.94 bits per heavy atom. The number of anilines is 1. The molecule has 3 aromatic rings. The molecule has 4 rings (SSSR count). The molecule has 0 saturated carbocycles. The summed E-state index contributed by atoms with van der Waals surface area (Å²) < 4.78 is 59.3. The van der Waals surface area contributed by atoms with Crippen LogP contribution in [0.5, 0.6) is 17.2 Å². The van der Waals surface area contributed by atoms with Crippen LogP contribution in [0.3, 0.4) is 0 Å². The largest absolute Gasteiger partial charge is 0.497 e. The molecule has 11 heteroatoms. The summed E-state index contributed by atoms with van der Waals surface area (Å²) in [6.45, 7) is -0.0482. The molecule has 33 heavy (non-hydrogen) atoms. The van der Waals surface area contributed by atoms with Gasteiger partial charge in [-0.2, -0.15) is 0 Å². The molecular formula is C22H22FN3O6S. The van der Waals surface area contributed by atoms with Gasteiger partial charge in [-0.3, -0.25) is 0 Å². The monoisotopic (exact) mass is 475 g/mol. The Labute approximate surface area is 190 Å². The molecule has 1 atom stereocenters. The number of halogens is 1. The first kappa shape index (κ1) is 22.7. The number of methoxy groups -OCH3 is 2. The van der Waals surface area contributed by atoms with E-state index >= 15 is 4.39 Å². The van der Waals surface area contributed by atoms with E-state index in [0.29, 0.717) is 23.5 Å². The first-order valence-corrected chi connectivity index (χ1v) is 11.4. The minimum Gasteiger partial charge on any atom is -0.497 e. The van der Waals surface area contributed by atoms with Crippen LogP contribution in [0.2, 0.25) is 0 Å². The van der Waals surface area contributed by atoms with Crippen molar-refractivity contribution in [3.05, 3.63) is 65.7 Å². The van der Waals surface area contributed by atoms with Crippen LogP contribution >= 0.6 is 0 Å². The second-order valence-electron chi connectivity index (χ2n) is 7.21. The summed E-state index contributed by atoms with van der Waals surface area (Å²) in [6.07, 6.45) is 2.13. The summed E-state index contributed by atoms with van der Waals surface area (Å²) in [5.41, 5.74) is 0.691. The zero-order valence-corrected chi connectivity index (χ0v) is 18.8. The third kappa shape index (κ3) is 4.41. The lowest BCUT2D eigenvalue weighted by molar-refractivity contribution is 0.114. The van der Waals surface area contributed by atoms with E-state index in [4.69, 9.17) is 14.2 Å². The molecule has 1 aliphatic heterocycles. The SMILES string of the molecule is COc1ccc(CN(c2ncccn2)S(=O)(=O)c2cc3c(cc2F)C(O)CCO3)c(OC)c1. The van der Waals surface area contributed by atoms with Gasteiger partial charge in [0.1, 0.15) is 28.0 Å². The highest BCUT2D eigenvalue weighted by atomic mass is 32.2. The number of rotatable bonds is 7. The number of sulfonamides is 1. The Kier molecular flexibility index (Phi) is 6.34. The van der Waals surface area contributed by atoms with Crippen molar-refractivity contribution in [1.29, 1.82) is 0 Å².